The molecule has 0 radical (unpaired) electrons. The Labute approximate surface area is 87.6 Å². The molecule has 0 saturated carbocycles. The molecule has 0 rings (SSSR count). The van der Waals surface area contributed by atoms with Crippen molar-refractivity contribution in [2.45, 2.75) is 32.2 Å². The number of nitrogens with two attached hydrogens (primary N) is 1. The van der Waals surface area contributed by atoms with Crippen LogP contribution in [0.3, 0.4) is 0 Å². The SMILES string of the molecule is C=CCN(CCO)CCCCC(C)N. The van der Waals surface area contributed by atoms with E-state index in [0.717, 1.165) is 38.9 Å². The zero-order valence-electron chi connectivity index (χ0n) is 9.28. The van der Waals surface area contributed by atoms with Gasteiger partial charge in [0.1, 0.15) is 0 Å². The fourth-order valence-corrected chi connectivity index (χ4v) is 1.42. The summed E-state index contributed by atoms with van der Waals surface area (Å²) < 4.78 is 0. The van der Waals surface area contributed by atoms with Gasteiger partial charge in [0.05, 0.1) is 6.61 Å². The molecule has 84 valence electrons. The Morgan fingerprint density at radius 2 is 2.14 bits per heavy atom. The van der Waals surface area contributed by atoms with Gasteiger partial charge in [-0.2, -0.15) is 0 Å². The molecule has 0 aliphatic rings. The molecule has 0 saturated heterocycles. The molecule has 1 unspecified atom stereocenters. The molecule has 0 spiro atoms. The lowest BCUT2D eigenvalue weighted by Gasteiger charge is -2.19. The highest BCUT2D eigenvalue weighted by atomic mass is 16.3. The fraction of sp³-hybridized carbons (Fsp3) is 0.818. The lowest BCUT2D eigenvalue weighted by Crippen LogP contribution is -2.28. The highest BCUT2D eigenvalue weighted by Gasteiger charge is 2.01. The second-order valence-corrected chi connectivity index (χ2v) is 3.79. The fourth-order valence-electron chi connectivity index (χ4n) is 1.42. The van der Waals surface area contributed by atoms with Crippen LogP contribution in [0.15, 0.2) is 12.7 Å². The van der Waals surface area contributed by atoms with Crippen molar-refractivity contribution < 1.29 is 5.11 Å². The highest BCUT2D eigenvalue weighted by molar-refractivity contribution is 4.73. The van der Waals surface area contributed by atoms with Crippen LogP contribution in [0.2, 0.25) is 0 Å². The van der Waals surface area contributed by atoms with Crippen LogP contribution < -0.4 is 5.73 Å². The molecule has 0 aromatic rings. The van der Waals surface area contributed by atoms with E-state index in [1.165, 1.54) is 0 Å². The smallest absolute Gasteiger partial charge is 0.0558 e. The van der Waals surface area contributed by atoms with Crippen molar-refractivity contribution in [1.82, 2.24) is 4.90 Å². The summed E-state index contributed by atoms with van der Waals surface area (Å²) in [6.45, 7) is 8.58. The maximum Gasteiger partial charge on any atom is 0.0558 e. The third kappa shape index (κ3) is 8.23. The molecule has 0 amide bonds. The lowest BCUT2D eigenvalue weighted by atomic mass is 10.1. The van der Waals surface area contributed by atoms with Gasteiger partial charge in [0.15, 0.2) is 0 Å². The van der Waals surface area contributed by atoms with Crippen molar-refractivity contribution in [2.75, 3.05) is 26.2 Å². The summed E-state index contributed by atoms with van der Waals surface area (Å²) in [6.07, 6.45) is 5.27. The van der Waals surface area contributed by atoms with E-state index in [4.69, 9.17) is 10.8 Å². The molecular formula is C11H24N2O. The quantitative estimate of drug-likeness (QED) is 0.431. The predicted octanol–water partition coefficient (Wildman–Crippen LogP) is 0.984. The minimum absolute atomic E-state index is 0.223. The topological polar surface area (TPSA) is 49.5 Å². The minimum atomic E-state index is 0.223. The molecule has 0 aliphatic heterocycles. The number of hydrogen-bond donors (Lipinski definition) is 2. The molecule has 3 N–H and O–H groups in total. The van der Waals surface area contributed by atoms with E-state index >= 15 is 0 Å². The Balaban J connectivity index is 3.44. The number of rotatable bonds is 9. The number of aliphatic hydroxyl groups excluding tert-OH is 1. The molecule has 1 atom stereocenters. The van der Waals surface area contributed by atoms with Gasteiger partial charge >= 0.3 is 0 Å². The third-order valence-electron chi connectivity index (χ3n) is 2.19. The van der Waals surface area contributed by atoms with Gasteiger partial charge in [0, 0.05) is 19.1 Å². The van der Waals surface area contributed by atoms with Crippen LogP contribution >= 0.6 is 0 Å². The molecular weight excluding hydrogens is 176 g/mol. The van der Waals surface area contributed by atoms with Crippen molar-refractivity contribution in [3.63, 3.8) is 0 Å². The molecule has 0 aliphatic carbocycles. The van der Waals surface area contributed by atoms with Crippen LogP contribution in [0.5, 0.6) is 0 Å². The Morgan fingerprint density at radius 3 is 2.64 bits per heavy atom. The summed E-state index contributed by atoms with van der Waals surface area (Å²) in [5.41, 5.74) is 5.66. The first-order valence-corrected chi connectivity index (χ1v) is 5.40. The summed E-state index contributed by atoms with van der Waals surface area (Å²) in [5, 5.41) is 8.81. The number of unbranched alkanes of at least 4 members (excludes halogenated alkanes) is 1. The van der Waals surface area contributed by atoms with Crippen molar-refractivity contribution in [1.29, 1.82) is 0 Å². The molecule has 0 aromatic carbocycles. The summed E-state index contributed by atoms with van der Waals surface area (Å²) in [7, 11) is 0. The van der Waals surface area contributed by atoms with Crippen LogP contribution in [-0.2, 0) is 0 Å². The van der Waals surface area contributed by atoms with Gasteiger partial charge in [-0.25, -0.2) is 0 Å². The summed E-state index contributed by atoms with van der Waals surface area (Å²) >= 11 is 0. The van der Waals surface area contributed by atoms with Crippen LogP contribution in [0.25, 0.3) is 0 Å². The average Bonchev–Trinajstić information content (AvgIpc) is 2.12. The first-order valence-electron chi connectivity index (χ1n) is 5.40. The molecule has 14 heavy (non-hydrogen) atoms. The second kappa shape index (κ2) is 9.19. The Hall–Kier alpha value is -0.380. The maximum absolute atomic E-state index is 8.81. The van der Waals surface area contributed by atoms with E-state index in [-0.39, 0.29) is 6.61 Å². The number of hydrogen-bond acceptors (Lipinski definition) is 3. The lowest BCUT2D eigenvalue weighted by molar-refractivity contribution is 0.205. The molecule has 0 bridgehead atoms. The monoisotopic (exact) mass is 200 g/mol. The van der Waals surface area contributed by atoms with Crippen molar-refractivity contribution >= 4 is 0 Å². The van der Waals surface area contributed by atoms with Gasteiger partial charge in [-0.1, -0.05) is 12.5 Å². The molecule has 0 heterocycles. The largest absolute Gasteiger partial charge is 0.395 e. The van der Waals surface area contributed by atoms with Crippen LogP contribution in [0, 0.1) is 0 Å². The molecule has 3 nitrogen and oxygen atoms in total. The zero-order chi connectivity index (χ0) is 10.8. The Kier molecular flexibility index (Phi) is 8.94. The standard InChI is InChI=1S/C11H24N2O/c1-3-7-13(9-10-14)8-5-4-6-11(2)12/h3,11,14H,1,4-10,12H2,2H3. The van der Waals surface area contributed by atoms with Gasteiger partial charge in [-0.15, -0.1) is 6.58 Å². The van der Waals surface area contributed by atoms with Gasteiger partial charge < -0.3 is 10.8 Å². The van der Waals surface area contributed by atoms with Crippen LogP contribution in [0.1, 0.15) is 26.2 Å². The third-order valence-corrected chi connectivity index (χ3v) is 2.19. The maximum atomic E-state index is 8.81. The van der Waals surface area contributed by atoms with Gasteiger partial charge in [0.2, 0.25) is 0 Å². The summed E-state index contributed by atoms with van der Waals surface area (Å²) in [5.74, 6) is 0. The zero-order valence-corrected chi connectivity index (χ0v) is 9.28. The van der Waals surface area contributed by atoms with Crippen LogP contribution in [-0.4, -0.2) is 42.3 Å². The number of aliphatic hydroxyl groups is 1. The normalized spacial score (nSPS) is 13.1. The molecule has 0 fully saturated rings. The van der Waals surface area contributed by atoms with Crippen molar-refractivity contribution in [3.8, 4) is 0 Å². The van der Waals surface area contributed by atoms with Gasteiger partial charge in [-0.05, 0) is 26.3 Å². The molecule has 3 heteroatoms. The minimum Gasteiger partial charge on any atom is -0.395 e. The molecule has 0 aromatic heterocycles. The predicted molar refractivity (Wildman–Crippen MR) is 61.2 cm³/mol. The first-order chi connectivity index (χ1) is 6.70. The van der Waals surface area contributed by atoms with E-state index in [2.05, 4.69) is 11.5 Å². The van der Waals surface area contributed by atoms with Crippen molar-refractivity contribution in [2.24, 2.45) is 5.73 Å². The van der Waals surface area contributed by atoms with Crippen LogP contribution in [0.4, 0.5) is 0 Å². The Morgan fingerprint density at radius 1 is 1.43 bits per heavy atom. The second-order valence-electron chi connectivity index (χ2n) is 3.79. The van der Waals surface area contributed by atoms with Crippen molar-refractivity contribution in [3.05, 3.63) is 12.7 Å². The first kappa shape index (κ1) is 13.6. The average molecular weight is 200 g/mol. The summed E-state index contributed by atoms with van der Waals surface area (Å²) in [6, 6.07) is 0.306. The van der Waals surface area contributed by atoms with E-state index < -0.39 is 0 Å². The highest BCUT2D eigenvalue weighted by Crippen LogP contribution is 2.00. The van der Waals surface area contributed by atoms with E-state index in [1.54, 1.807) is 0 Å². The number of nitrogens with zero attached hydrogens (tertiary/aromatic N) is 1. The van der Waals surface area contributed by atoms with Gasteiger partial charge in [-0.3, -0.25) is 4.90 Å². The van der Waals surface area contributed by atoms with E-state index in [0.29, 0.717) is 6.04 Å². The summed E-state index contributed by atoms with van der Waals surface area (Å²) in [4.78, 5) is 2.20. The van der Waals surface area contributed by atoms with E-state index in [9.17, 15) is 0 Å². The van der Waals surface area contributed by atoms with E-state index in [1.807, 2.05) is 13.0 Å². The van der Waals surface area contributed by atoms with Gasteiger partial charge in [0.25, 0.3) is 0 Å². The Bertz CT molecular complexity index is 137.